The third kappa shape index (κ3) is 7.77. The quantitative estimate of drug-likeness (QED) is 0.487. The minimum absolute atomic E-state index is 0.0690. The van der Waals surface area contributed by atoms with Crippen molar-refractivity contribution < 1.29 is 19.5 Å². The lowest BCUT2D eigenvalue weighted by Gasteiger charge is -2.17. The Morgan fingerprint density at radius 3 is 2.39 bits per heavy atom. The Bertz CT molecular complexity index is 311. The molecule has 18 heavy (non-hydrogen) atoms. The van der Waals surface area contributed by atoms with Crippen LogP contribution in [-0.4, -0.2) is 47.1 Å². The molecule has 7 nitrogen and oxygen atoms in total. The monoisotopic (exact) mass is 277 g/mol. The highest BCUT2D eigenvalue weighted by Crippen LogP contribution is 2.00. The summed E-state index contributed by atoms with van der Waals surface area (Å²) >= 11 is 1.66. The fraction of sp³-hybridized carbons (Fsp3) is 0.700. The lowest BCUT2D eigenvalue weighted by Crippen LogP contribution is -2.49. The summed E-state index contributed by atoms with van der Waals surface area (Å²) in [7, 11) is 0. The Hall–Kier alpha value is -1.44. The van der Waals surface area contributed by atoms with Crippen LogP contribution in [0.15, 0.2) is 0 Å². The number of carboxylic acid groups (broad SMARTS) is 1. The number of thioether (sulfide) groups is 1. The smallest absolute Gasteiger partial charge is 0.326 e. The molecule has 0 rings (SSSR count). The fourth-order valence-electron chi connectivity index (χ4n) is 1.19. The topological polar surface area (TPSA) is 122 Å². The van der Waals surface area contributed by atoms with E-state index in [4.69, 9.17) is 10.8 Å². The molecule has 0 fully saturated rings. The van der Waals surface area contributed by atoms with Crippen molar-refractivity contribution >= 4 is 29.7 Å². The van der Waals surface area contributed by atoms with Crippen molar-refractivity contribution in [2.24, 2.45) is 5.73 Å². The molecule has 3 amide bonds. The molecule has 0 aliphatic heterocycles. The average molecular weight is 277 g/mol. The van der Waals surface area contributed by atoms with Gasteiger partial charge in [-0.3, -0.25) is 4.79 Å². The first kappa shape index (κ1) is 16.6. The summed E-state index contributed by atoms with van der Waals surface area (Å²) in [6.45, 7) is 1.82. The number of primary amides is 1. The maximum atomic E-state index is 11.5. The number of carboxylic acids is 1. The summed E-state index contributed by atoms with van der Waals surface area (Å²) in [6, 6.07) is -1.98. The van der Waals surface area contributed by atoms with Crippen LogP contribution in [-0.2, 0) is 9.59 Å². The van der Waals surface area contributed by atoms with E-state index in [2.05, 4.69) is 10.6 Å². The lowest BCUT2D eigenvalue weighted by molar-refractivity contribution is -0.140. The predicted octanol–water partition coefficient (Wildman–Crippen LogP) is -0.244. The summed E-state index contributed by atoms with van der Waals surface area (Å²) in [6.07, 6.45) is 2.31. The number of amides is 3. The maximum Gasteiger partial charge on any atom is 0.326 e. The zero-order valence-electron chi connectivity index (χ0n) is 10.4. The first-order chi connectivity index (χ1) is 8.36. The van der Waals surface area contributed by atoms with Crippen LogP contribution < -0.4 is 16.4 Å². The average Bonchev–Trinajstić information content (AvgIpc) is 2.24. The van der Waals surface area contributed by atoms with Crippen LogP contribution in [0.3, 0.4) is 0 Å². The highest BCUT2D eigenvalue weighted by Gasteiger charge is 2.22. The van der Waals surface area contributed by atoms with E-state index in [1.54, 1.807) is 11.8 Å². The van der Waals surface area contributed by atoms with Crippen LogP contribution in [0, 0.1) is 0 Å². The molecule has 0 aromatic heterocycles. The molecule has 0 aromatic carbocycles. The van der Waals surface area contributed by atoms with E-state index in [1.165, 1.54) is 0 Å². The van der Waals surface area contributed by atoms with Gasteiger partial charge in [-0.25, -0.2) is 9.59 Å². The van der Waals surface area contributed by atoms with Crippen LogP contribution in [0.4, 0.5) is 4.79 Å². The number of rotatable bonds is 8. The number of carbonyl (C=O) groups is 3. The Morgan fingerprint density at radius 1 is 1.33 bits per heavy atom. The van der Waals surface area contributed by atoms with Crippen molar-refractivity contribution in [3.05, 3.63) is 0 Å². The van der Waals surface area contributed by atoms with E-state index in [1.807, 2.05) is 13.2 Å². The Labute approximate surface area is 110 Å². The van der Waals surface area contributed by atoms with Gasteiger partial charge in [-0.15, -0.1) is 0 Å². The van der Waals surface area contributed by atoms with Gasteiger partial charge >= 0.3 is 12.0 Å². The predicted molar refractivity (Wildman–Crippen MR) is 69.4 cm³/mol. The van der Waals surface area contributed by atoms with Crippen LogP contribution in [0.5, 0.6) is 0 Å². The summed E-state index contributed by atoms with van der Waals surface area (Å²) in [5.74, 6) is -1.18. The Balaban J connectivity index is 4.17. The Kier molecular flexibility index (Phi) is 7.93. The second-order valence-electron chi connectivity index (χ2n) is 3.86. The normalized spacial score (nSPS) is 13.4. The molecule has 0 heterocycles. The molecular formula is C10H19N3O4S. The molecule has 5 N–H and O–H groups in total. The van der Waals surface area contributed by atoms with Gasteiger partial charge < -0.3 is 21.5 Å². The van der Waals surface area contributed by atoms with E-state index >= 15 is 0 Å². The molecule has 0 spiro atoms. The summed E-state index contributed by atoms with van der Waals surface area (Å²) in [5, 5.41) is 13.6. The number of hydrogen-bond acceptors (Lipinski definition) is 4. The van der Waals surface area contributed by atoms with Gasteiger partial charge in [-0.1, -0.05) is 0 Å². The van der Waals surface area contributed by atoms with Crippen LogP contribution in [0.1, 0.15) is 19.8 Å². The van der Waals surface area contributed by atoms with Crippen molar-refractivity contribution in [3.63, 3.8) is 0 Å². The van der Waals surface area contributed by atoms with Gasteiger partial charge in [0.05, 0.1) is 6.42 Å². The molecule has 8 heteroatoms. The number of urea groups is 1. The zero-order chi connectivity index (χ0) is 14.1. The van der Waals surface area contributed by atoms with Crippen molar-refractivity contribution in [2.45, 2.75) is 31.8 Å². The van der Waals surface area contributed by atoms with Crippen LogP contribution in [0.25, 0.3) is 0 Å². The molecule has 0 saturated carbocycles. The van der Waals surface area contributed by atoms with Crippen LogP contribution >= 0.6 is 11.8 Å². The molecule has 0 aliphatic rings. The molecule has 104 valence electrons. The molecule has 0 radical (unpaired) electrons. The highest BCUT2D eigenvalue weighted by atomic mass is 32.2. The lowest BCUT2D eigenvalue weighted by atomic mass is 10.2. The number of nitrogens with two attached hydrogens (primary N) is 1. The first-order valence-electron chi connectivity index (χ1n) is 5.44. The van der Waals surface area contributed by atoms with Gasteiger partial charge in [-0.2, -0.15) is 11.8 Å². The van der Waals surface area contributed by atoms with Gasteiger partial charge in [-0.05, 0) is 25.4 Å². The van der Waals surface area contributed by atoms with E-state index in [0.717, 1.165) is 12.2 Å². The maximum absolute atomic E-state index is 11.5. The van der Waals surface area contributed by atoms with Crippen molar-refractivity contribution in [3.8, 4) is 0 Å². The van der Waals surface area contributed by atoms with E-state index < -0.39 is 30.4 Å². The first-order valence-corrected chi connectivity index (χ1v) is 6.83. The standard InChI is InChI=1S/C10H19N3O4S/c1-6(3-4-18-2)12-10(17)13-7(9(15)16)5-8(11)14/h6-7H,3-5H2,1-2H3,(H2,11,14)(H,15,16)(H2,12,13,17). The SMILES string of the molecule is CSCCC(C)NC(=O)NC(CC(N)=O)C(=O)O. The second kappa shape index (κ2) is 8.62. The minimum atomic E-state index is -1.30. The number of carbonyl (C=O) groups excluding carboxylic acids is 2. The van der Waals surface area contributed by atoms with Gasteiger partial charge in [0.2, 0.25) is 5.91 Å². The van der Waals surface area contributed by atoms with Gasteiger partial charge in [0.1, 0.15) is 6.04 Å². The van der Waals surface area contributed by atoms with E-state index in [0.29, 0.717) is 0 Å². The molecule has 0 aliphatic carbocycles. The molecule has 0 bridgehead atoms. The second-order valence-corrected chi connectivity index (χ2v) is 4.85. The number of hydrogen-bond donors (Lipinski definition) is 4. The van der Waals surface area contributed by atoms with E-state index in [-0.39, 0.29) is 6.04 Å². The highest BCUT2D eigenvalue weighted by molar-refractivity contribution is 7.98. The summed E-state index contributed by atoms with van der Waals surface area (Å²) in [5.41, 5.74) is 4.90. The van der Waals surface area contributed by atoms with Gasteiger partial charge in [0, 0.05) is 6.04 Å². The molecular weight excluding hydrogens is 258 g/mol. The summed E-state index contributed by atoms with van der Waals surface area (Å²) < 4.78 is 0. The van der Waals surface area contributed by atoms with Gasteiger partial charge in [0.25, 0.3) is 0 Å². The largest absolute Gasteiger partial charge is 0.480 e. The van der Waals surface area contributed by atoms with Gasteiger partial charge in [0.15, 0.2) is 0 Å². The number of aliphatic carboxylic acids is 1. The number of nitrogens with one attached hydrogen (secondary N) is 2. The summed E-state index contributed by atoms with van der Waals surface area (Å²) in [4.78, 5) is 32.9. The van der Waals surface area contributed by atoms with E-state index in [9.17, 15) is 14.4 Å². The third-order valence-electron chi connectivity index (χ3n) is 2.14. The molecule has 0 saturated heterocycles. The third-order valence-corrected chi connectivity index (χ3v) is 2.79. The molecule has 2 unspecified atom stereocenters. The van der Waals surface area contributed by atoms with Crippen molar-refractivity contribution in [2.75, 3.05) is 12.0 Å². The zero-order valence-corrected chi connectivity index (χ0v) is 11.3. The Morgan fingerprint density at radius 2 is 1.94 bits per heavy atom. The van der Waals surface area contributed by atoms with Crippen LogP contribution in [0.2, 0.25) is 0 Å². The van der Waals surface area contributed by atoms with Crippen molar-refractivity contribution in [1.82, 2.24) is 10.6 Å². The molecule has 2 atom stereocenters. The fourth-order valence-corrected chi connectivity index (χ4v) is 1.78. The molecule has 0 aromatic rings. The van der Waals surface area contributed by atoms with Crippen molar-refractivity contribution in [1.29, 1.82) is 0 Å². The minimum Gasteiger partial charge on any atom is -0.480 e.